The highest BCUT2D eigenvalue weighted by Gasteiger charge is 2.30. The number of anilines is 2. The molecule has 1 unspecified atom stereocenters. The first kappa shape index (κ1) is 15.3. The number of hydrogen-bond donors (Lipinski definition) is 1. The van der Waals surface area contributed by atoms with Crippen LogP contribution in [-0.4, -0.2) is 21.1 Å². The summed E-state index contributed by atoms with van der Waals surface area (Å²) in [6, 6.07) is 6.90. The third kappa shape index (κ3) is 2.45. The molecule has 3 heterocycles. The molecule has 1 atom stereocenters. The minimum atomic E-state index is -0.470. The van der Waals surface area contributed by atoms with E-state index in [-0.39, 0.29) is 17.4 Å². The van der Waals surface area contributed by atoms with Crippen LogP contribution >= 0.6 is 0 Å². The van der Waals surface area contributed by atoms with E-state index < -0.39 is 11.6 Å². The number of halogens is 2. The molecule has 1 aliphatic rings. The van der Waals surface area contributed by atoms with E-state index in [2.05, 4.69) is 10.1 Å². The zero-order valence-electron chi connectivity index (χ0n) is 13.2. The maximum absolute atomic E-state index is 14.2. The van der Waals surface area contributed by atoms with Gasteiger partial charge in [-0.15, -0.1) is 5.10 Å². The van der Waals surface area contributed by atoms with E-state index in [0.717, 1.165) is 18.6 Å². The fraction of sp³-hybridized carbons (Fsp3) is 0.235. The first-order valence-corrected chi connectivity index (χ1v) is 7.85. The van der Waals surface area contributed by atoms with Gasteiger partial charge in [-0.3, -0.25) is 0 Å². The minimum Gasteiger partial charge on any atom is -0.381 e. The number of rotatable bonds is 2. The standard InChI is InChI=1S/C17H14F2N6/c18-10-3-4-13(19)11(8-10)14-2-1-6-24(14)15-5-7-25-17(22-15)12(9-20)16(21)23-25/h3-5,7-8,14H,1-2,6H2,(H2,21,23). The summed E-state index contributed by atoms with van der Waals surface area (Å²) in [7, 11) is 0. The number of hydrogen-bond acceptors (Lipinski definition) is 5. The van der Waals surface area contributed by atoms with Crippen LogP contribution in [0, 0.1) is 23.0 Å². The Morgan fingerprint density at radius 1 is 1.28 bits per heavy atom. The van der Waals surface area contributed by atoms with E-state index in [4.69, 9.17) is 5.73 Å². The molecule has 1 saturated heterocycles. The predicted octanol–water partition coefficient (Wildman–Crippen LogP) is 2.80. The lowest BCUT2D eigenvalue weighted by Crippen LogP contribution is -2.24. The molecule has 0 radical (unpaired) electrons. The average Bonchev–Trinajstić information content (AvgIpc) is 3.19. The fourth-order valence-corrected chi connectivity index (χ4v) is 3.34. The lowest BCUT2D eigenvalue weighted by molar-refractivity contribution is 0.560. The smallest absolute Gasteiger partial charge is 0.177 e. The highest BCUT2D eigenvalue weighted by atomic mass is 19.1. The molecule has 6 nitrogen and oxygen atoms in total. The Morgan fingerprint density at radius 2 is 2.12 bits per heavy atom. The van der Waals surface area contributed by atoms with Gasteiger partial charge in [0.15, 0.2) is 11.5 Å². The summed E-state index contributed by atoms with van der Waals surface area (Å²) in [4.78, 5) is 6.40. The van der Waals surface area contributed by atoms with Crippen LogP contribution in [0.4, 0.5) is 20.4 Å². The largest absolute Gasteiger partial charge is 0.381 e. The first-order valence-electron chi connectivity index (χ1n) is 7.85. The van der Waals surface area contributed by atoms with Crippen molar-refractivity contribution in [1.82, 2.24) is 14.6 Å². The molecule has 2 N–H and O–H groups in total. The van der Waals surface area contributed by atoms with Gasteiger partial charge < -0.3 is 10.6 Å². The van der Waals surface area contributed by atoms with Crippen molar-refractivity contribution < 1.29 is 8.78 Å². The Kier molecular flexibility index (Phi) is 3.50. The van der Waals surface area contributed by atoms with E-state index in [9.17, 15) is 14.0 Å². The van der Waals surface area contributed by atoms with Crippen molar-refractivity contribution in [3.8, 4) is 6.07 Å². The maximum Gasteiger partial charge on any atom is 0.177 e. The van der Waals surface area contributed by atoms with Crippen molar-refractivity contribution in [2.24, 2.45) is 0 Å². The number of nitrogen functional groups attached to an aromatic ring is 1. The molecule has 0 aliphatic carbocycles. The monoisotopic (exact) mass is 340 g/mol. The summed E-state index contributed by atoms with van der Waals surface area (Å²) in [5.41, 5.74) is 6.59. The summed E-state index contributed by atoms with van der Waals surface area (Å²) >= 11 is 0. The van der Waals surface area contributed by atoms with Crippen molar-refractivity contribution in [3.63, 3.8) is 0 Å². The second-order valence-electron chi connectivity index (χ2n) is 5.94. The van der Waals surface area contributed by atoms with E-state index in [1.165, 1.54) is 10.6 Å². The molecule has 25 heavy (non-hydrogen) atoms. The molecule has 3 aromatic rings. The molecule has 0 spiro atoms. The molecule has 8 heteroatoms. The minimum absolute atomic E-state index is 0.112. The van der Waals surface area contributed by atoms with Crippen LogP contribution in [0.25, 0.3) is 5.65 Å². The molecule has 0 amide bonds. The highest BCUT2D eigenvalue weighted by Crippen LogP contribution is 2.37. The number of aromatic nitrogens is 3. The molecule has 126 valence electrons. The second-order valence-corrected chi connectivity index (χ2v) is 5.94. The van der Waals surface area contributed by atoms with Gasteiger partial charge in [0, 0.05) is 18.3 Å². The van der Waals surface area contributed by atoms with Crippen LogP contribution in [0.15, 0.2) is 30.5 Å². The van der Waals surface area contributed by atoms with Crippen molar-refractivity contribution in [2.75, 3.05) is 17.2 Å². The van der Waals surface area contributed by atoms with Gasteiger partial charge in [-0.05, 0) is 37.1 Å². The summed E-state index contributed by atoms with van der Waals surface area (Å²) < 4.78 is 29.2. The summed E-state index contributed by atoms with van der Waals surface area (Å²) in [5, 5.41) is 13.3. The molecular formula is C17H14F2N6. The Morgan fingerprint density at radius 3 is 2.92 bits per heavy atom. The van der Waals surface area contributed by atoms with Gasteiger partial charge in [0.2, 0.25) is 0 Å². The van der Waals surface area contributed by atoms with Crippen LogP contribution in [-0.2, 0) is 0 Å². The van der Waals surface area contributed by atoms with Gasteiger partial charge >= 0.3 is 0 Å². The van der Waals surface area contributed by atoms with E-state index in [1.807, 2.05) is 11.0 Å². The molecule has 2 aromatic heterocycles. The van der Waals surface area contributed by atoms with E-state index in [0.29, 0.717) is 30.0 Å². The van der Waals surface area contributed by atoms with Crippen LogP contribution < -0.4 is 10.6 Å². The van der Waals surface area contributed by atoms with Crippen molar-refractivity contribution in [2.45, 2.75) is 18.9 Å². The number of nitriles is 1. The Hall–Kier alpha value is -3.21. The lowest BCUT2D eigenvalue weighted by atomic mass is 10.0. The van der Waals surface area contributed by atoms with Gasteiger partial charge in [-0.25, -0.2) is 18.3 Å². The molecule has 1 aliphatic heterocycles. The van der Waals surface area contributed by atoms with Gasteiger partial charge in [0.05, 0.1) is 6.04 Å². The number of nitrogens with two attached hydrogens (primary N) is 1. The van der Waals surface area contributed by atoms with Crippen molar-refractivity contribution >= 4 is 17.3 Å². The molecule has 1 fully saturated rings. The summed E-state index contributed by atoms with van der Waals surface area (Å²) in [5.74, 6) is -0.218. The van der Waals surface area contributed by atoms with Crippen LogP contribution in [0.3, 0.4) is 0 Å². The van der Waals surface area contributed by atoms with Gasteiger partial charge in [0.25, 0.3) is 0 Å². The second kappa shape index (κ2) is 5.70. The number of benzene rings is 1. The van der Waals surface area contributed by atoms with Gasteiger partial charge in [-0.1, -0.05) is 0 Å². The number of nitrogens with zero attached hydrogens (tertiary/aromatic N) is 5. The molecular weight excluding hydrogens is 326 g/mol. The third-order valence-corrected chi connectivity index (χ3v) is 4.47. The maximum atomic E-state index is 14.2. The SMILES string of the molecule is N#Cc1c(N)nn2ccc(N3CCCC3c3cc(F)ccc3F)nc12. The van der Waals surface area contributed by atoms with E-state index >= 15 is 0 Å². The van der Waals surface area contributed by atoms with Gasteiger partial charge in [-0.2, -0.15) is 5.26 Å². The zero-order chi connectivity index (χ0) is 17.6. The van der Waals surface area contributed by atoms with Crippen molar-refractivity contribution in [3.05, 3.63) is 53.2 Å². The zero-order valence-corrected chi connectivity index (χ0v) is 13.2. The van der Waals surface area contributed by atoms with E-state index in [1.54, 1.807) is 12.3 Å². The van der Waals surface area contributed by atoms with Crippen LogP contribution in [0.1, 0.15) is 30.0 Å². The van der Waals surface area contributed by atoms with Crippen LogP contribution in [0.5, 0.6) is 0 Å². The normalized spacial score (nSPS) is 17.2. The summed E-state index contributed by atoms with van der Waals surface area (Å²) in [6.45, 7) is 0.662. The van der Waals surface area contributed by atoms with Gasteiger partial charge in [0.1, 0.15) is 29.1 Å². The summed E-state index contributed by atoms with van der Waals surface area (Å²) in [6.07, 6.45) is 3.19. The average molecular weight is 340 g/mol. The van der Waals surface area contributed by atoms with Crippen molar-refractivity contribution in [1.29, 1.82) is 5.26 Å². The first-order chi connectivity index (χ1) is 12.1. The molecule has 1 aromatic carbocycles. The number of fused-ring (bicyclic) bond motifs is 1. The molecule has 4 rings (SSSR count). The Balaban J connectivity index is 1.79. The van der Waals surface area contributed by atoms with Crippen LogP contribution in [0.2, 0.25) is 0 Å². The third-order valence-electron chi connectivity index (χ3n) is 4.47. The lowest BCUT2D eigenvalue weighted by Gasteiger charge is -2.26. The quantitative estimate of drug-likeness (QED) is 0.775. The Bertz CT molecular complexity index is 1010. The molecule has 0 saturated carbocycles. The molecule has 0 bridgehead atoms. The topological polar surface area (TPSA) is 83.2 Å². The Labute approximate surface area is 142 Å². The highest BCUT2D eigenvalue weighted by molar-refractivity contribution is 5.67. The fourth-order valence-electron chi connectivity index (χ4n) is 3.34. The predicted molar refractivity (Wildman–Crippen MR) is 87.8 cm³/mol.